The molecule has 1 saturated carbocycles. The van der Waals surface area contributed by atoms with Crippen molar-refractivity contribution >= 4 is 21.7 Å². The number of carbonyl (C=O) groups is 1. The third-order valence-electron chi connectivity index (χ3n) is 2.61. The molecular formula is C11H11BrO. The predicted molar refractivity (Wildman–Crippen MR) is 55.7 cm³/mol. The van der Waals surface area contributed by atoms with Crippen LogP contribution in [0.4, 0.5) is 0 Å². The molecule has 1 aliphatic rings. The van der Waals surface area contributed by atoms with Crippen LogP contribution >= 0.6 is 15.9 Å². The average molecular weight is 239 g/mol. The minimum Gasteiger partial charge on any atom is -0.300 e. The van der Waals surface area contributed by atoms with Crippen molar-refractivity contribution < 1.29 is 4.79 Å². The van der Waals surface area contributed by atoms with Gasteiger partial charge in [0, 0.05) is 10.4 Å². The van der Waals surface area contributed by atoms with Gasteiger partial charge in [0.1, 0.15) is 5.78 Å². The Labute approximate surface area is 86.3 Å². The van der Waals surface area contributed by atoms with Crippen LogP contribution in [0.25, 0.3) is 0 Å². The molecule has 1 aromatic rings. The van der Waals surface area contributed by atoms with Crippen LogP contribution in [0.15, 0.2) is 28.7 Å². The summed E-state index contributed by atoms with van der Waals surface area (Å²) in [6.45, 7) is 1.68. The van der Waals surface area contributed by atoms with Crippen LogP contribution in [-0.4, -0.2) is 5.78 Å². The van der Waals surface area contributed by atoms with Crippen LogP contribution in [-0.2, 0) is 4.79 Å². The van der Waals surface area contributed by atoms with Crippen LogP contribution < -0.4 is 0 Å². The highest BCUT2D eigenvalue weighted by Crippen LogP contribution is 2.47. The molecule has 0 amide bonds. The molecule has 0 spiro atoms. The largest absolute Gasteiger partial charge is 0.300 e. The summed E-state index contributed by atoms with van der Waals surface area (Å²) in [5, 5.41) is 0. The Morgan fingerprint density at radius 1 is 1.38 bits per heavy atom. The molecule has 0 N–H and O–H groups in total. The van der Waals surface area contributed by atoms with E-state index in [0.717, 1.165) is 10.9 Å². The molecule has 0 heterocycles. The fourth-order valence-corrected chi connectivity index (χ4v) is 1.99. The fraction of sp³-hybridized carbons (Fsp3) is 0.364. The van der Waals surface area contributed by atoms with E-state index in [1.165, 1.54) is 5.56 Å². The first-order chi connectivity index (χ1) is 6.18. The molecule has 0 aliphatic heterocycles. The second-order valence-corrected chi connectivity index (χ2v) is 4.53. The molecule has 0 saturated heterocycles. The highest BCUT2D eigenvalue weighted by atomic mass is 79.9. The summed E-state index contributed by atoms with van der Waals surface area (Å²) < 4.78 is 1.09. The van der Waals surface area contributed by atoms with Crippen molar-refractivity contribution in [2.45, 2.75) is 19.3 Å². The number of benzene rings is 1. The molecule has 2 heteroatoms. The lowest BCUT2D eigenvalue weighted by Crippen LogP contribution is -1.94. The third kappa shape index (κ3) is 1.83. The predicted octanol–water partition coefficient (Wildman–Crippen LogP) is 3.14. The van der Waals surface area contributed by atoms with Gasteiger partial charge in [-0.25, -0.2) is 0 Å². The molecule has 0 unspecified atom stereocenters. The summed E-state index contributed by atoms with van der Waals surface area (Å²) >= 11 is 3.39. The molecule has 0 aromatic heterocycles. The molecule has 1 aromatic carbocycles. The van der Waals surface area contributed by atoms with Gasteiger partial charge in [0.2, 0.25) is 0 Å². The Balaban J connectivity index is 2.12. The monoisotopic (exact) mass is 238 g/mol. The first-order valence-corrected chi connectivity index (χ1v) is 5.23. The van der Waals surface area contributed by atoms with E-state index in [9.17, 15) is 4.79 Å². The SMILES string of the molecule is CC(=O)[C@@H]1C[C@@H]1c1ccc(Br)cc1. The van der Waals surface area contributed by atoms with Gasteiger partial charge in [-0.1, -0.05) is 28.1 Å². The van der Waals surface area contributed by atoms with E-state index >= 15 is 0 Å². The van der Waals surface area contributed by atoms with E-state index in [0.29, 0.717) is 17.6 Å². The van der Waals surface area contributed by atoms with Gasteiger partial charge >= 0.3 is 0 Å². The van der Waals surface area contributed by atoms with Crippen molar-refractivity contribution in [1.29, 1.82) is 0 Å². The standard InChI is InChI=1S/C11H11BrO/c1-7(13)10-6-11(10)8-2-4-9(12)5-3-8/h2-5,10-11H,6H2,1H3/t10-,11+/m0/s1. The quantitative estimate of drug-likeness (QED) is 0.774. The maximum Gasteiger partial charge on any atom is 0.133 e. The summed E-state index contributed by atoms with van der Waals surface area (Å²) in [4.78, 5) is 11.0. The topological polar surface area (TPSA) is 17.1 Å². The molecule has 1 aliphatic carbocycles. The van der Waals surface area contributed by atoms with Crippen molar-refractivity contribution in [3.63, 3.8) is 0 Å². The number of ketones is 1. The number of rotatable bonds is 2. The Kier molecular flexibility index (Phi) is 2.24. The van der Waals surface area contributed by atoms with E-state index in [4.69, 9.17) is 0 Å². The molecule has 1 nitrogen and oxygen atoms in total. The Bertz CT molecular complexity index is 328. The molecule has 2 rings (SSSR count). The highest BCUT2D eigenvalue weighted by molar-refractivity contribution is 9.10. The van der Waals surface area contributed by atoms with E-state index in [1.807, 2.05) is 12.1 Å². The van der Waals surface area contributed by atoms with Crippen LogP contribution in [0.5, 0.6) is 0 Å². The second kappa shape index (κ2) is 3.26. The highest BCUT2D eigenvalue weighted by Gasteiger charge is 2.41. The molecule has 13 heavy (non-hydrogen) atoms. The van der Waals surface area contributed by atoms with Crippen LogP contribution in [0, 0.1) is 5.92 Å². The number of Topliss-reactive ketones (excluding diaryl/α,β-unsaturated/α-hetero) is 1. The molecule has 68 valence electrons. The lowest BCUT2D eigenvalue weighted by atomic mass is 10.1. The number of hydrogen-bond acceptors (Lipinski definition) is 1. The van der Waals surface area contributed by atoms with Crippen molar-refractivity contribution in [1.82, 2.24) is 0 Å². The van der Waals surface area contributed by atoms with Crippen molar-refractivity contribution in [3.05, 3.63) is 34.3 Å². The first kappa shape index (κ1) is 8.95. The van der Waals surface area contributed by atoms with Gasteiger partial charge in [0.05, 0.1) is 0 Å². The van der Waals surface area contributed by atoms with Crippen LogP contribution in [0.3, 0.4) is 0 Å². The van der Waals surface area contributed by atoms with Gasteiger partial charge in [-0.3, -0.25) is 4.79 Å². The van der Waals surface area contributed by atoms with E-state index in [1.54, 1.807) is 6.92 Å². The summed E-state index contributed by atoms with van der Waals surface area (Å²) in [6.07, 6.45) is 1.04. The minimum atomic E-state index is 0.293. The molecule has 2 atom stereocenters. The zero-order valence-corrected chi connectivity index (χ0v) is 9.04. The van der Waals surface area contributed by atoms with Gasteiger partial charge in [0.15, 0.2) is 0 Å². The van der Waals surface area contributed by atoms with Crippen LogP contribution in [0.1, 0.15) is 24.8 Å². The zero-order valence-electron chi connectivity index (χ0n) is 7.46. The third-order valence-corrected chi connectivity index (χ3v) is 3.14. The van der Waals surface area contributed by atoms with Gasteiger partial charge < -0.3 is 0 Å². The fourth-order valence-electron chi connectivity index (χ4n) is 1.72. The Morgan fingerprint density at radius 2 is 2.00 bits per heavy atom. The smallest absolute Gasteiger partial charge is 0.133 e. The maximum atomic E-state index is 11.0. The van der Waals surface area contributed by atoms with Crippen molar-refractivity contribution in [3.8, 4) is 0 Å². The number of halogens is 1. The van der Waals surface area contributed by atoms with Crippen molar-refractivity contribution in [2.75, 3.05) is 0 Å². The summed E-state index contributed by atoms with van der Waals surface area (Å²) in [7, 11) is 0. The maximum absolute atomic E-state index is 11.0. The van der Waals surface area contributed by atoms with Gasteiger partial charge in [-0.15, -0.1) is 0 Å². The molecule has 1 fully saturated rings. The van der Waals surface area contributed by atoms with Gasteiger partial charge in [-0.2, -0.15) is 0 Å². The summed E-state index contributed by atoms with van der Waals surface area (Å²) in [5.74, 6) is 1.11. The lowest BCUT2D eigenvalue weighted by Gasteiger charge is -1.98. The minimum absolute atomic E-state index is 0.293. The first-order valence-electron chi connectivity index (χ1n) is 4.44. The second-order valence-electron chi connectivity index (χ2n) is 3.61. The Hall–Kier alpha value is -0.630. The van der Waals surface area contributed by atoms with E-state index in [2.05, 4.69) is 28.1 Å². The van der Waals surface area contributed by atoms with Gasteiger partial charge in [-0.05, 0) is 37.0 Å². The number of hydrogen-bond donors (Lipinski definition) is 0. The molecular weight excluding hydrogens is 228 g/mol. The van der Waals surface area contributed by atoms with Gasteiger partial charge in [0.25, 0.3) is 0 Å². The summed E-state index contributed by atoms with van der Waals surface area (Å²) in [6, 6.07) is 8.26. The van der Waals surface area contributed by atoms with Crippen LogP contribution in [0.2, 0.25) is 0 Å². The zero-order chi connectivity index (χ0) is 9.42. The number of carbonyl (C=O) groups excluding carboxylic acids is 1. The van der Waals surface area contributed by atoms with E-state index in [-0.39, 0.29) is 0 Å². The lowest BCUT2D eigenvalue weighted by molar-refractivity contribution is -0.118. The van der Waals surface area contributed by atoms with E-state index < -0.39 is 0 Å². The molecule has 0 radical (unpaired) electrons. The Morgan fingerprint density at radius 3 is 2.46 bits per heavy atom. The van der Waals surface area contributed by atoms with Crippen molar-refractivity contribution in [2.24, 2.45) is 5.92 Å². The normalized spacial score (nSPS) is 25.7. The average Bonchev–Trinajstić information content (AvgIpc) is 2.85. The summed E-state index contributed by atoms with van der Waals surface area (Å²) in [5.41, 5.74) is 1.29. The molecule has 0 bridgehead atoms.